The summed E-state index contributed by atoms with van der Waals surface area (Å²) in [7, 11) is 0. The second-order valence-corrected chi connectivity index (χ2v) is 4.61. The van der Waals surface area contributed by atoms with E-state index in [-0.39, 0.29) is 6.61 Å². The van der Waals surface area contributed by atoms with Gasteiger partial charge in [-0.1, -0.05) is 30.3 Å². The number of benzene rings is 1. The maximum Gasteiger partial charge on any atom is 0.0437 e. The fourth-order valence-corrected chi connectivity index (χ4v) is 2.16. The molecule has 1 heterocycles. The highest BCUT2D eigenvalue weighted by Crippen LogP contribution is 2.18. The van der Waals surface area contributed by atoms with Crippen LogP contribution in [0.25, 0.3) is 0 Å². The predicted octanol–water partition coefficient (Wildman–Crippen LogP) is 2.34. The first-order valence-electron chi connectivity index (χ1n) is 6.65. The summed E-state index contributed by atoms with van der Waals surface area (Å²) in [5.74, 6) is 0.355. The largest absolute Gasteiger partial charge is 0.396 e. The number of hydrogen-bond acceptors (Lipinski definition) is 3. The van der Waals surface area contributed by atoms with Crippen LogP contribution in [0.4, 0.5) is 0 Å². The number of nitrogens with zero attached hydrogens (tertiary/aromatic N) is 1. The van der Waals surface area contributed by atoms with E-state index in [2.05, 4.69) is 22.4 Å². The minimum Gasteiger partial charge on any atom is -0.396 e. The molecule has 2 aromatic rings. The molecule has 0 aliphatic heterocycles. The predicted molar refractivity (Wildman–Crippen MR) is 76.8 cm³/mol. The monoisotopic (exact) mass is 256 g/mol. The van der Waals surface area contributed by atoms with Crippen molar-refractivity contribution < 1.29 is 5.11 Å². The Morgan fingerprint density at radius 1 is 1.05 bits per heavy atom. The van der Waals surface area contributed by atoms with Gasteiger partial charge in [-0.2, -0.15) is 0 Å². The zero-order valence-electron chi connectivity index (χ0n) is 11.0. The van der Waals surface area contributed by atoms with E-state index in [9.17, 15) is 5.11 Å². The van der Waals surface area contributed by atoms with Crippen molar-refractivity contribution in [2.75, 3.05) is 13.2 Å². The lowest BCUT2D eigenvalue weighted by atomic mass is 9.96. The SMILES string of the molecule is OCCC(CNCc1ccncc1)c1ccccc1. The standard InChI is InChI=1S/C16H20N2O/c19-11-8-16(15-4-2-1-3-5-15)13-18-12-14-6-9-17-10-7-14/h1-7,9-10,16,18-19H,8,11-13H2. The van der Waals surface area contributed by atoms with Crippen LogP contribution >= 0.6 is 0 Å². The Hall–Kier alpha value is -1.71. The molecule has 0 radical (unpaired) electrons. The number of rotatable bonds is 7. The summed E-state index contributed by atoms with van der Waals surface area (Å²) in [5, 5.41) is 12.6. The summed E-state index contributed by atoms with van der Waals surface area (Å²) in [6, 6.07) is 14.4. The number of aliphatic hydroxyl groups is 1. The Kier molecular flexibility index (Phi) is 5.53. The van der Waals surface area contributed by atoms with Gasteiger partial charge in [0.1, 0.15) is 0 Å². The Balaban J connectivity index is 1.87. The Morgan fingerprint density at radius 3 is 2.47 bits per heavy atom. The average Bonchev–Trinajstić information content (AvgIpc) is 2.48. The van der Waals surface area contributed by atoms with Gasteiger partial charge in [-0.3, -0.25) is 4.98 Å². The second-order valence-electron chi connectivity index (χ2n) is 4.61. The van der Waals surface area contributed by atoms with Crippen LogP contribution in [0.2, 0.25) is 0 Å². The van der Waals surface area contributed by atoms with Crippen molar-refractivity contribution in [3.05, 3.63) is 66.0 Å². The lowest BCUT2D eigenvalue weighted by Crippen LogP contribution is -2.22. The fraction of sp³-hybridized carbons (Fsp3) is 0.312. The minimum atomic E-state index is 0.219. The fourth-order valence-electron chi connectivity index (χ4n) is 2.16. The third-order valence-electron chi connectivity index (χ3n) is 3.22. The van der Waals surface area contributed by atoms with Gasteiger partial charge < -0.3 is 10.4 Å². The van der Waals surface area contributed by atoms with Crippen molar-refractivity contribution >= 4 is 0 Å². The first-order chi connectivity index (χ1) is 9.40. The smallest absolute Gasteiger partial charge is 0.0437 e. The zero-order valence-corrected chi connectivity index (χ0v) is 11.0. The lowest BCUT2D eigenvalue weighted by molar-refractivity contribution is 0.273. The molecule has 3 heteroatoms. The summed E-state index contributed by atoms with van der Waals surface area (Å²) >= 11 is 0. The molecule has 3 nitrogen and oxygen atoms in total. The van der Waals surface area contributed by atoms with Gasteiger partial charge in [0.2, 0.25) is 0 Å². The van der Waals surface area contributed by atoms with Crippen molar-refractivity contribution in [1.29, 1.82) is 0 Å². The molecular weight excluding hydrogens is 236 g/mol. The number of aliphatic hydroxyl groups excluding tert-OH is 1. The second kappa shape index (κ2) is 7.67. The van der Waals surface area contributed by atoms with E-state index in [4.69, 9.17) is 0 Å². The topological polar surface area (TPSA) is 45.1 Å². The molecule has 2 rings (SSSR count). The molecule has 0 aliphatic rings. The van der Waals surface area contributed by atoms with Crippen LogP contribution in [0.15, 0.2) is 54.9 Å². The van der Waals surface area contributed by atoms with Crippen LogP contribution < -0.4 is 5.32 Å². The molecule has 1 aromatic carbocycles. The molecule has 0 fully saturated rings. The van der Waals surface area contributed by atoms with Crippen LogP contribution in [-0.2, 0) is 6.54 Å². The molecule has 19 heavy (non-hydrogen) atoms. The molecule has 0 spiro atoms. The first kappa shape index (κ1) is 13.7. The van der Waals surface area contributed by atoms with Crippen molar-refractivity contribution in [1.82, 2.24) is 10.3 Å². The zero-order chi connectivity index (χ0) is 13.3. The molecule has 1 atom stereocenters. The normalized spacial score (nSPS) is 12.3. The number of pyridine rings is 1. The minimum absolute atomic E-state index is 0.219. The first-order valence-corrected chi connectivity index (χ1v) is 6.65. The summed E-state index contributed by atoms with van der Waals surface area (Å²) in [6.45, 7) is 1.92. The number of aromatic nitrogens is 1. The molecule has 0 saturated carbocycles. The van der Waals surface area contributed by atoms with E-state index in [1.807, 2.05) is 30.3 Å². The van der Waals surface area contributed by atoms with Gasteiger partial charge in [-0.25, -0.2) is 0 Å². The van der Waals surface area contributed by atoms with Crippen molar-refractivity contribution in [3.63, 3.8) is 0 Å². The molecule has 0 saturated heterocycles. The summed E-state index contributed by atoms with van der Waals surface area (Å²) in [5.41, 5.74) is 2.50. The molecule has 1 unspecified atom stereocenters. The Morgan fingerprint density at radius 2 is 1.79 bits per heavy atom. The number of nitrogens with one attached hydrogen (secondary N) is 1. The maximum atomic E-state index is 9.18. The van der Waals surface area contributed by atoms with Crippen LogP contribution in [0.3, 0.4) is 0 Å². The van der Waals surface area contributed by atoms with Crippen LogP contribution in [0, 0.1) is 0 Å². The van der Waals surface area contributed by atoms with Crippen LogP contribution in [-0.4, -0.2) is 23.2 Å². The quantitative estimate of drug-likeness (QED) is 0.799. The number of hydrogen-bond donors (Lipinski definition) is 2. The highest BCUT2D eigenvalue weighted by molar-refractivity contribution is 5.20. The Labute approximate surface area is 114 Å². The van der Waals surface area contributed by atoms with E-state index in [0.717, 1.165) is 19.5 Å². The van der Waals surface area contributed by atoms with Gasteiger partial charge in [-0.15, -0.1) is 0 Å². The molecular formula is C16H20N2O. The highest BCUT2D eigenvalue weighted by Gasteiger charge is 2.09. The van der Waals surface area contributed by atoms with Gasteiger partial charge in [0.05, 0.1) is 0 Å². The molecule has 0 amide bonds. The summed E-state index contributed by atoms with van der Waals surface area (Å²) < 4.78 is 0. The summed E-state index contributed by atoms with van der Waals surface area (Å²) in [4.78, 5) is 4.00. The molecule has 0 bridgehead atoms. The van der Waals surface area contributed by atoms with Gasteiger partial charge in [-0.05, 0) is 35.6 Å². The van der Waals surface area contributed by atoms with E-state index in [1.54, 1.807) is 12.4 Å². The van der Waals surface area contributed by atoms with Crippen molar-refractivity contribution in [2.24, 2.45) is 0 Å². The van der Waals surface area contributed by atoms with E-state index >= 15 is 0 Å². The third kappa shape index (κ3) is 4.47. The molecule has 0 aliphatic carbocycles. The average molecular weight is 256 g/mol. The van der Waals surface area contributed by atoms with Crippen LogP contribution in [0.1, 0.15) is 23.5 Å². The van der Waals surface area contributed by atoms with Crippen molar-refractivity contribution in [3.8, 4) is 0 Å². The van der Waals surface area contributed by atoms with Gasteiger partial charge in [0, 0.05) is 32.1 Å². The van der Waals surface area contributed by atoms with Crippen molar-refractivity contribution in [2.45, 2.75) is 18.9 Å². The van der Waals surface area contributed by atoms with Gasteiger partial charge in [0.15, 0.2) is 0 Å². The lowest BCUT2D eigenvalue weighted by Gasteiger charge is -2.17. The summed E-state index contributed by atoms with van der Waals surface area (Å²) in [6.07, 6.45) is 4.40. The highest BCUT2D eigenvalue weighted by atomic mass is 16.3. The van der Waals surface area contributed by atoms with E-state index < -0.39 is 0 Å². The van der Waals surface area contributed by atoms with Crippen LogP contribution in [0.5, 0.6) is 0 Å². The maximum absolute atomic E-state index is 9.18. The Bertz CT molecular complexity index is 459. The van der Waals surface area contributed by atoms with E-state index in [0.29, 0.717) is 5.92 Å². The third-order valence-corrected chi connectivity index (χ3v) is 3.22. The molecule has 2 N–H and O–H groups in total. The van der Waals surface area contributed by atoms with Gasteiger partial charge in [0.25, 0.3) is 0 Å². The van der Waals surface area contributed by atoms with Gasteiger partial charge >= 0.3 is 0 Å². The molecule has 1 aromatic heterocycles. The van der Waals surface area contributed by atoms with E-state index in [1.165, 1.54) is 11.1 Å². The molecule has 100 valence electrons.